The normalized spacial score (nSPS) is 15.4. The number of hydrogen-bond donors (Lipinski definition) is 1. The third-order valence-corrected chi connectivity index (χ3v) is 4.60. The van der Waals surface area contributed by atoms with Crippen molar-refractivity contribution >= 4 is 11.7 Å². The van der Waals surface area contributed by atoms with E-state index in [9.17, 15) is 10.1 Å². The van der Waals surface area contributed by atoms with Crippen molar-refractivity contribution in [3.63, 3.8) is 0 Å². The van der Waals surface area contributed by atoms with Crippen LogP contribution in [0.25, 0.3) is 0 Å². The molecule has 5 nitrogen and oxygen atoms in total. The van der Waals surface area contributed by atoms with Gasteiger partial charge in [-0.15, -0.1) is 0 Å². The molecule has 1 heterocycles. The maximum atomic E-state index is 11.9. The van der Waals surface area contributed by atoms with Gasteiger partial charge in [0.05, 0.1) is 23.1 Å². The van der Waals surface area contributed by atoms with E-state index in [1.165, 1.54) is 0 Å². The summed E-state index contributed by atoms with van der Waals surface area (Å²) in [6, 6.07) is 17.5. The molecule has 0 aromatic heterocycles. The zero-order valence-corrected chi connectivity index (χ0v) is 14.2. The smallest absolute Gasteiger partial charge is 0.321 e. The number of fused-ring (bicyclic) bond motifs is 1. The van der Waals surface area contributed by atoms with Gasteiger partial charge in [-0.3, -0.25) is 0 Å². The van der Waals surface area contributed by atoms with E-state index < -0.39 is 5.41 Å². The molecule has 1 N–H and O–H groups in total. The number of urea groups is 1. The van der Waals surface area contributed by atoms with E-state index in [-0.39, 0.29) is 6.03 Å². The van der Waals surface area contributed by atoms with E-state index in [1.54, 1.807) is 18.0 Å². The number of benzene rings is 2. The van der Waals surface area contributed by atoms with E-state index in [1.807, 2.05) is 43.3 Å². The minimum atomic E-state index is -0.753. The maximum absolute atomic E-state index is 11.9. The van der Waals surface area contributed by atoms with Crippen molar-refractivity contribution in [2.24, 2.45) is 0 Å². The van der Waals surface area contributed by atoms with Crippen molar-refractivity contribution in [2.75, 3.05) is 12.4 Å². The van der Waals surface area contributed by atoms with Gasteiger partial charge in [0.25, 0.3) is 0 Å². The lowest BCUT2D eigenvalue weighted by Gasteiger charge is -2.29. The molecule has 0 saturated heterocycles. The Balaban J connectivity index is 1.95. The Morgan fingerprint density at radius 3 is 2.76 bits per heavy atom. The highest BCUT2D eigenvalue weighted by atomic mass is 16.2. The van der Waals surface area contributed by atoms with Crippen LogP contribution in [0.1, 0.15) is 29.2 Å². The number of hydrogen-bond acceptors (Lipinski definition) is 3. The lowest BCUT2D eigenvalue weighted by atomic mass is 9.78. The summed E-state index contributed by atoms with van der Waals surface area (Å²) >= 11 is 0. The Kier molecular flexibility index (Phi) is 4.17. The second-order valence-electron chi connectivity index (χ2n) is 6.59. The highest BCUT2D eigenvalue weighted by Crippen LogP contribution is 2.32. The van der Waals surface area contributed by atoms with Gasteiger partial charge in [0.15, 0.2) is 0 Å². The second kappa shape index (κ2) is 6.30. The Morgan fingerprint density at radius 1 is 1.24 bits per heavy atom. The maximum Gasteiger partial charge on any atom is 0.321 e. The van der Waals surface area contributed by atoms with Crippen LogP contribution in [0.3, 0.4) is 0 Å². The summed E-state index contributed by atoms with van der Waals surface area (Å²) in [5.74, 6) is 0. The zero-order valence-electron chi connectivity index (χ0n) is 14.2. The van der Waals surface area contributed by atoms with Crippen LogP contribution in [-0.4, -0.2) is 18.0 Å². The van der Waals surface area contributed by atoms with E-state index in [4.69, 9.17) is 5.26 Å². The van der Waals surface area contributed by atoms with Gasteiger partial charge < -0.3 is 10.2 Å². The summed E-state index contributed by atoms with van der Waals surface area (Å²) < 4.78 is 0. The molecule has 0 unspecified atom stereocenters. The molecule has 25 heavy (non-hydrogen) atoms. The van der Waals surface area contributed by atoms with Gasteiger partial charge in [0.2, 0.25) is 0 Å². The number of nitrogens with one attached hydrogen (secondary N) is 1. The summed E-state index contributed by atoms with van der Waals surface area (Å²) in [4.78, 5) is 13.5. The van der Waals surface area contributed by atoms with Crippen LogP contribution in [-0.2, 0) is 18.4 Å². The van der Waals surface area contributed by atoms with Gasteiger partial charge in [-0.05, 0) is 48.2 Å². The first-order valence-electron chi connectivity index (χ1n) is 8.01. The van der Waals surface area contributed by atoms with Crippen LogP contribution in [0.5, 0.6) is 0 Å². The third-order valence-electron chi connectivity index (χ3n) is 4.60. The molecule has 1 aliphatic rings. The average Bonchev–Trinajstić information content (AvgIpc) is 2.62. The summed E-state index contributed by atoms with van der Waals surface area (Å²) in [5.41, 5.74) is 3.39. The highest BCUT2D eigenvalue weighted by molar-refractivity contribution is 5.92. The molecule has 0 fully saturated rings. The Hall–Kier alpha value is -3.31. The van der Waals surface area contributed by atoms with E-state index in [0.29, 0.717) is 18.5 Å². The largest absolute Gasteiger partial charge is 0.323 e. The second-order valence-corrected chi connectivity index (χ2v) is 6.59. The molecule has 124 valence electrons. The van der Waals surface area contributed by atoms with Crippen LogP contribution in [0.2, 0.25) is 0 Å². The first kappa shape index (κ1) is 16.5. The Bertz CT molecular complexity index is 922. The molecule has 2 amide bonds. The van der Waals surface area contributed by atoms with Gasteiger partial charge in [0, 0.05) is 19.3 Å². The van der Waals surface area contributed by atoms with Crippen molar-refractivity contribution in [3.05, 3.63) is 64.7 Å². The molecule has 2 aromatic rings. The van der Waals surface area contributed by atoms with Crippen LogP contribution in [0.4, 0.5) is 10.5 Å². The Labute approximate surface area is 147 Å². The monoisotopic (exact) mass is 330 g/mol. The molecule has 2 aromatic carbocycles. The molecule has 0 spiro atoms. The Morgan fingerprint density at radius 2 is 2.04 bits per heavy atom. The zero-order chi connectivity index (χ0) is 18.0. The van der Waals surface area contributed by atoms with Gasteiger partial charge in [-0.1, -0.05) is 24.3 Å². The predicted octanol–water partition coefficient (Wildman–Crippen LogP) is 3.56. The molecular weight excluding hydrogens is 312 g/mol. The number of carbonyl (C=O) groups excluding carboxylic acids is 1. The molecule has 0 saturated carbocycles. The van der Waals surface area contributed by atoms with Crippen molar-refractivity contribution in [1.29, 1.82) is 10.5 Å². The fraction of sp³-hybridized carbons (Fsp3) is 0.250. The molecule has 3 rings (SSSR count). The molecule has 1 atom stereocenters. The summed E-state index contributed by atoms with van der Waals surface area (Å²) in [6.45, 7) is 2.43. The fourth-order valence-electron chi connectivity index (χ4n) is 3.08. The van der Waals surface area contributed by atoms with Crippen LogP contribution in [0.15, 0.2) is 42.5 Å². The molecule has 1 aliphatic heterocycles. The molecule has 5 heteroatoms. The number of amides is 2. The number of rotatable bonds is 3. The number of carbonyl (C=O) groups is 1. The first-order valence-corrected chi connectivity index (χ1v) is 8.01. The lowest BCUT2D eigenvalue weighted by Crippen LogP contribution is -2.35. The summed E-state index contributed by atoms with van der Waals surface area (Å²) in [7, 11) is 1.74. The van der Waals surface area contributed by atoms with Gasteiger partial charge in [0.1, 0.15) is 0 Å². The minimum absolute atomic E-state index is 0.148. The van der Waals surface area contributed by atoms with Gasteiger partial charge >= 0.3 is 6.03 Å². The summed E-state index contributed by atoms with van der Waals surface area (Å²) in [5, 5.41) is 21.7. The van der Waals surface area contributed by atoms with Gasteiger partial charge in [-0.25, -0.2) is 4.79 Å². The number of nitriles is 2. The number of nitrogens with zero attached hydrogens (tertiary/aromatic N) is 3. The quantitative estimate of drug-likeness (QED) is 0.934. The van der Waals surface area contributed by atoms with Crippen molar-refractivity contribution in [3.8, 4) is 12.1 Å². The van der Waals surface area contributed by atoms with Crippen molar-refractivity contribution < 1.29 is 4.79 Å². The van der Waals surface area contributed by atoms with Crippen LogP contribution in [0, 0.1) is 22.7 Å². The molecular formula is C20H18N4O. The van der Waals surface area contributed by atoms with Crippen molar-refractivity contribution in [2.45, 2.75) is 25.3 Å². The fourth-order valence-corrected chi connectivity index (χ4v) is 3.08. The molecule has 0 radical (unpaired) electrons. The van der Waals surface area contributed by atoms with Crippen LogP contribution < -0.4 is 5.32 Å². The number of anilines is 1. The van der Waals surface area contributed by atoms with Crippen molar-refractivity contribution in [1.82, 2.24) is 4.90 Å². The average molecular weight is 330 g/mol. The van der Waals surface area contributed by atoms with Crippen LogP contribution >= 0.6 is 0 Å². The third kappa shape index (κ3) is 3.18. The first-order chi connectivity index (χ1) is 11.9. The van der Waals surface area contributed by atoms with E-state index >= 15 is 0 Å². The minimum Gasteiger partial charge on any atom is -0.323 e. The molecule has 0 aliphatic carbocycles. The molecule has 0 bridgehead atoms. The summed E-state index contributed by atoms with van der Waals surface area (Å²) in [6.07, 6.45) is 0.492. The SMILES string of the molecule is CN1Cc2ccc([C@](C)(C#N)Cc3cccc(C#N)c3)cc2NC1=O. The highest BCUT2D eigenvalue weighted by Gasteiger charge is 2.29. The van der Waals surface area contributed by atoms with E-state index in [0.717, 1.165) is 22.4 Å². The topological polar surface area (TPSA) is 79.9 Å². The van der Waals surface area contributed by atoms with Gasteiger partial charge in [-0.2, -0.15) is 10.5 Å². The predicted molar refractivity (Wildman–Crippen MR) is 94.8 cm³/mol. The standard InChI is InChI=1S/C20H18N4O/c1-20(13-22,10-14-4-3-5-15(8-14)11-21)17-7-6-16-12-24(2)19(25)23-18(16)9-17/h3-9H,10,12H2,1-2H3,(H,23,25)/t20-/m0/s1. The lowest BCUT2D eigenvalue weighted by molar-refractivity contribution is 0.218. The van der Waals surface area contributed by atoms with E-state index in [2.05, 4.69) is 17.5 Å².